The maximum Gasteiger partial charge on any atom is 0.254 e. The molecule has 8 heteroatoms. The second-order valence-corrected chi connectivity index (χ2v) is 6.41. The molecule has 0 spiro atoms. The summed E-state index contributed by atoms with van der Waals surface area (Å²) in [5.41, 5.74) is 9.07. The van der Waals surface area contributed by atoms with Gasteiger partial charge >= 0.3 is 0 Å². The van der Waals surface area contributed by atoms with Gasteiger partial charge in [-0.25, -0.2) is 4.98 Å². The third-order valence-electron chi connectivity index (χ3n) is 4.70. The zero-order valence-electron chi connectivity index (χ0n) is 14.7. The lowest BCUT2D eigenvalue weighted by Crippen LogP contribution is -2.33. The monoisotopic (exact) mass is 352 g/mol. The number of hydrogen-bond donors (Lipinski definition) is 2. The second kappa shape index (κ2) is 6.29. The van der Waals surface area contributed by atoms with Crippen LogP contribution in [-0.4, -0.2) is 32.1 Å². The molecule has 0 aliphatic carbocycles. The van der Waals surface area contributed by atoms with Gasteiger partial charge in [-0.2, -0.15) is 9.50 Å². The summed E-state index contributed by atoms with van der Waals surface area (Å²) >= 11 is 0. The van der Waals surface area contributed by atoms with Gasteiger partial charge in [0.25, 0.3) is 5.78 Å². The van der Waals surface area contributed by atoms with Gasteiger partial charge in [-0.3, -0.25) is 4.79 Å². The molecule has 0 unspecified atom stereocenters. The highest BCUT2D eigenvalue weighted by Gasteiger charge is 2.23. The number of aryl methyl sites for hydroxylation is 2. The van der Waals surface area contributed by atoms with Gasteiger partial charge in [0.2, 0.25) is 11.9 Å². The average Bonchev–Trinajstić information content (AvgIpc) is 2.99. The number of nitrogen functional groups attached to an aromatic ring is 1. The van der Waals surface area contributed by atoms with E-state index >= 15 is 0 Å². The van der Waals surface area contributed by atoms with E-state index in [2.05, 4.69) is 20.4 Å². The standard InChI is InChI=1S/C18H20N6O2/c1-10-13(11(2)24-18(20-10)22-17(19)23-24)9-16(25)21-14-7-8-26-15-6-4-3-5-12(14)15/h3-6,14H,7-9H2,1-2H3,(H2,19,23)(H,21,25)/t14-/m1/s1. The number of para-hydroxylation sites is 1. The molecule has 2 aromatic heterocycles. The largest absolute Gasteiger partial charge is 0.493 e. The van der Waals surface area contributed by atoms with Crippen molar-refractivity contribution in [2.24, 2.45) is 0 Å². The van der Waals surface area contributed by atoms with Crippen molar-refractivity contribution in [3.63, 3.8) is 0 Å². The van der Waals surface area contributed by atoms with Crippen molar-refractivity contribution >= 4 is 17.6 Å². The minimum absolute atomic E-state index is 0.0493. The summed E-state index contributed by atoms with van der Waals surface area (Å²) in [6, 6.07) is 7.75. The number of nitrogens with two attached hydrogens (primary N) is 1. The van der Waals surface area contributed by atoms with Crippen molar-refractivity contribution in [2.75, 3.05) is 12.3 Å². The Morgan fingerprint density at radius 3 is 3.00 bits per heavy atom. The van der Waals surface area contributed by atoms with Crippen LogP contribution in [0.3, 0.4) is 0 Å². The van der Waals surface area contributed by atoms with Crippen LogP contribution in [0.5, 0.6) is 5.75 Å². The van der Waals surface area contributed by atoms with Crippen LogP contribution in [0.25, 0.3) is 5.78 Å². The normalized spacial score (nSPS) is 16.2. The van der Waals surface area contributed by atoms with Crippen LogP contribution in [0, 0.1) is 13.8 Å². The van der Waals surface area contributed by atoms with E-state index in [4.69, 9.17) is 10.5 Å². The highest BCUT2D eigenvalue weighted by molar-refractivity contribution is 5.79. The van der Waals surface area contributed by atoms with E-state index < -0.39 is 0 Å². The fourth-order valence-corrected chi connectivity index (χ4v) is 3.38. The summed E-state index contributed by atoms with van der Waals surface area (Å²) in [4.78, 5) is 21.2. The molecule has 3 heterocycles. The summed E-state index contributed by atoms with van der Waals surface area (Å²) < 4.78 is 7.23. The first-order valence-corrected chi connectivity index (χ1v) is 8.52. The van der Waals surface area contributed by atoms with Gasteiger partial charge in [0.05, 0.1) is 19.1 Å². The number of fused-ring (bicyclic) bond motifs is 2. The molecule has 0 saturated carbocycles. The quantitative estimate of drug-likeness (QED) is 0.740. The first-order chi connectivity index (χ1) is 12.5. The van der Waals surface area contributed by atoms with Crippen LogP contribution in [0.15, 0.2) is 24.3 Å². The lowest BCUT2D eigenvalue weighted by molar-refractivity contribution is -0.121. The second-order valence-electron chi connectivity index (χ2n) is 6.41. The van der Waals surface area contributed by atoms with Crippen LogP contribution in [0.2, 0.25) is 0 Å². The molecule has 26 heavy (non-hydrogen) atoms. The summed E-state index contributed by atoms with van der Waals surface area (Å²) in [6.07, 6.45) is 0.970. The number of ether oxygens (including phenoxy) is 1. The first kappa shape index (κ1) is 16.3. The molecular formula is C18H20N6O2. The van der Waals surface area contributed by atoms with E-state index in [1.807, 2.05) is 38.1 Å². The number of carbonyl (C=O) groups excluding carboxylic acids is 1. The molecular weight excluding hydrogens is 332 g/mol. The third-order valence-corrected chi connectivity index (χ3v) is 4.70. The summed E-state index contributed by atoms with van der Waals surface area (Å²) in [7, 11) is 0. The van der Waals surface area contributed by atoms with Gasteiger partial charge in [0, 0.05) is 28.9 Å². The predicted octanol–water partition coefficient (Wildman–Crippen LogP) is 1.51. The molecule has 1 aromatic carbocycles. The maximum absolute atomic E-state index is 12.7. The van der Waals surface area contributed by atoms with Gasteiger partial charge < -0.3 is 15.8 Å². The molecule has 8 nitrogen and oxygen atoms in total. The molecule has 1 amide bonds. The molecule has 0 saturated heterocycles. The van der Waals surface area contributed by atoms with Gasteiger partial charge in [0.1, 0.15) is 5.75 Å². The fourth-order valence-electron chi connectivity index (χ4n) is 3.38. The van der Waals surface area contributed by atoms with Crippen molar-refractivity contribution < 1.29 is 9.53 Å². The molecule has 0 fully saturated rings. The minimum Gasteiger partial charge on any atom is -0.493 e. The number of benzene rings is 1. The number of nitrogens with one attached hydrogen (secondary N) is 1. The molecule has 3 N–H and O–H groups in total. The lowest BCUT2D eigenvalue weighted by atomic mass is 10.00. The van der Waals surface area contributed by atoms with E-state index in [0.717, 1.165) is 34.7 Å². The third kappa shape index (κ3) is 2.83. The Kier molecular flexibility index (Phi) is 3.95. The molecule has 134 valence electrons. The Labute approximate surface area is 150 Å². The number of nitrogens with zero attached hydrogens (tertiary/aromatic N) is 4. The van der Waals surface area contributed by atoms with Gasteiger partial charge in [-0.15, -0.1) is 5.10 Å². The predicted molar refractivity (Wildman–Crippen MR) is 95.8 cm³/mol. The highest BCUT2D eigenvalue weighted by Crippen LogP contribution is 2.31. The average molecular weight is 352 g/mol. The smallest absolute Gasteiger partial charge is 0.254 e. The van der Waals surface area contributed by atoms with E-state index in [-0.39, 0.29) is 24.3 Å². The van der Waals surface area contributed by atoms with Crippen molar-refractivity contribution in [2.45, 2.75) is 32.7 Å². The number of rotatable bonds is 3. The molecule has 4 rings (SSSR count). The van der Waals surface area contributed by atoms with Gasteiger partial charge in [0.15, 0.2) is 0 Å². The Hall–Kier alpha value is -3.16. The zero-order chi connectivity index (χ0) is 18.3. The zero-order valence-corrected chi connectivity index (χ0v) is 14.7. The number of aromatic nitrogens is 4. The van der Waals surface area contributed by atoms with E-state index in [1.54, 1.807) is 4.52 Å². The van der Waals surface area contributed by atoms with Gasteiger partial charge in [-0.05, 0) is 19.9 Å². The minimum atomic E-state index is -0.0628. The number of hydrogen-bond acceptors (Lipinski definition) is 6. The Morgan fingerprint density at radius 2 is 2.15 bits per heavy atom. The molecule has 1 aliphatic heterocycles. The van der Waals surface area contributed by atoms with Crippen molar-refractivity contribution in [3.05, 3.63) is 46.8 Å². The van der Waals surface area contributed by atoms with Crippen LogP contribution < -0.4 is 15.8 Å². The number of anilines is 1. The van der Waals surface area contributed by atoms with Crippen molar-refractivity contribution in [1.29, 1.82) is 0 Å². The molecule has 0 bridgehead atoms. The topological polar surface area (TPSA) is 107 Å². The Morgan fingerprint density at radius 1 is 1.35 bits per heavy atom. The van der Waals surface area contributed by atoms with E-state index in [0.29, 0.717) is 12.4 Å². The van der Waals surface area contributed by atoms with Crippen LogP contribution in [0.1, 0.15) is 35.0 Å². The highest BCUT2D eigenvalue weighted by atomic mass is 16.5. The van der Waals surface area contributed by atoms with E-state index in [9.17, 15) is 4.79 Å². The van der Waals surface area contributed by atoms with E-state index in [1.165, 1.54) is 0 Å². The molecule has 1 aliphatic rings. The summed E-state index contributed by atoms with van der Waals surface area (Å²) in [5, 5.41) is 7.25. The SMILES string of the molecule is Cc1nc2nc(N)nn2c(C)c1CC(=O)N[C@@H]1CCOc2ccccc21. The van der Waals surface area contributed by atoms with Crippen LogP contribution in [0.4, 0.5) is 5.95 Å². The van der Waals surface area contributed by atoms with Gasteiger partial charge in [-0.1, -0.05) is 18.2 Å². The van der Waals surface area contributed by atoms with Crippen molar-refractivity contribution in [1.82, 2.24) is 24.9 Å². The fraction of sp³-hybridized carbons (Fsp3) is 0.333. The van der Waals surface area contributed by atoms with Crippen molar-refractivity contribution in [3.8, 4) is 5.75 Å². The van der Waals surface area contributed by atoms with Crippen LogP contribution in [-0.2, 0) is 11.2 Å². The molecule has 3 aromatic rings. The first-order valence-electron chi connectivity index (χ1n) is 8.52. The van der Waals surface area contributed by atoms with Crippen LogP contribution >= 0.6 is 0 Å². The Bertz CT molecular complexity index is 997. The maximum atomic E-state index is 12.7. The number of carbonyl (C=O) groups is 1. The summed E-state index contributed by atoms with van der Waals surface area (Å²) in [5.74, 6) is 1.38. The Balaban J connectivity index is 1.57. The molecule has 0 radical (unpaired) electrons. The number of amides is 1. The summed E-state index contributed by atoms with van der Waals surface area (Å²) in [6.45, 7) is 4.35. The molecule has 1 atom stereocenters. The lowest BCUT2D eigenvalue weighted by Gasteiger charge is -2.26.